The lowest BCUT2D eigenvalue weighted by atomic mass is 10.1. The predicted molar refractivity (Wildman–Crippen MR) is 71.2 cm³/mol. The molecule has 0 aliphatic carbocycles. The number of carbonyl (C=O) groups is 1. The summed E-state index contributed by atoms with van der Waals surface area (Å²) in [5.74, 6) is 0.469. The summed E-state index contributed by atoms with van der Waals surface area (Å²) in [7, 11) is 0. The van der Waals surface area contributed by atoms with Crippen LogP contribution in [0.25, 0.3) is 0 Å². The van der Waals surface area contributed by atoms with E-state index >= 15 is 0 Å². The Morgan fingerprint density at radius 3 is 3.12 bits per heavy atom. The molecule has 2 heterocycles. The van der Waals surface area contributed by atoms with Gasteiger partial charge in [-0.2, -0.15) is 0 Å². The molecular weight excluding hydrogens is 304 g/mol. The van der Waals surface area contributed by atoms with Crippen LogP contribution in [0, 0.1) is 5.92 Å². The van der Waals surface area contributed by atoms with Crippen molar-refractivity contribution in [2.24, 2.45) is 5.92 Å². The van der Waals surface area contributed by atoms with Crippen molar-refractivity contribution in [1.82, 2.24) is 10.6 Å². The Bertz CT molecular complexity index is 377. The van der Waals surface area contributed by atoms with Gasteiger partial charge in [0.05, 0.1) is 13.2 Å². The SMILES string of the molecule is O=C(NCc1cc(Br)cs1)NCC1CCOC1. The molecule has 2 amide bonds. The number of hydrogen-bond donors (Lipinski definition) is 2. The van der Waals surface area contributed by atoms with E-state index in [2.05, 4.69) is 26.6 Å². The van der Waals surface area contributed by atoms with E-state index in [0.717, 1.165) is 29.0 Å². The molecule has 2 N–H and O–H groups in total. The molecular formula is C11H15BrN2O2S. The molecule has 0 aromatic carbocycles. The Hall–Kier alpha value is -0.590. The molecule has 2 rings (SSSR count). The molecule has 1 aliphatic rings. The number of nitrogens with one attached hydrogen (secondary N) is 2. The van der Waals surface area contributed by atoms with Gasteiger partial charge in [0, 0.05) is 33.8 Å². The van der Waals surface area contributed by atoms with Crippen LogP contribution in [-0.2, 0) is 11.3 Å². The van der Waals surface area contributed by atoms with Gasteiger partial charge >= 0.3 is 6.03 Å². The standard InChI is InChI=1S/C11H15BrN2O2S/c12-9-3-10(17-7-9)5-14-11(15)13-4-8-1-2-16-6-8/h3,7-8H,1-2,4-6H2,(H2,13,14,15). The normalized spacial score (nSPS) is 19.2. The maximum atomic E-state index is 11.5. The van der Waals surface area contributed by atoms with E-state index in [1.165, 1.54) is 0 Å². The zero-order valence-corrected chi connectivity index (χ0v) is 11.8. The first-order chi connectivity index (χ1) is 8.24. The number of hydrogen-bond acceptors (Lipinski definition) is 3. The Balaban J connectivity index is 1.63. The van der Waals surface area contributed by atoms with Crippen molar-refractivity contribution in [2.45, 2.75) is 13.0 Å². The van der Waals surface area contributed by atoms with Gasteiger partial charge in [-0.05, 0) is 28.4 Å². The lowest BCUT2D eigenvalue weighted by Crippen LogP contribution is -2.37. The largest absolute Gasteiger partial charge is 0.381 e. The van der Waals surface area contributed by atoms with E-state index in [1.54, 1.807) is 11.3 Å². The summed E-state index contributed by atoms with van der Waals surface area (Å²) in [6, 6.07) is 1.90. The van der Waals surface area contributed by atoms with E-state index in [9.17, 15) is 4.79 Å². The number of ether oxygens (including phenoxy) is 1. The lowest BCUT2D eigenvalue weighted by molar-refractivity contribution is 0.185. The van der Waals surface area contributed by atoms with Crippen LogP contribution in [0.2, 0.25) is 0 Å². The molecule has 0 saturated carbocycles. The number of rotatable bonds is 4. The third kappa shape index (κ3) is 4.29. The first-order valence-electron chi connectivity index (χ1n) is 5.56. The molecule has 17 heavy (non-hydrogen) atoms. The second-order valence-corrected chi connectivity index (χ2v) is 5.94. The summed E-state index contributed by atoms with van der Waals surface area (Å²) >= 11 is 5.01. The molecule has 4 nitrogen and oxygen atoms in total. The maximum Gasteiger partial charge on any atom is 0.315 e. The molecule has 6 heteroatoms. The van der Waals surface area contributed by atoms with Crippen molar-refractivity contribution in [1.29, 1.82) is 0 Å². The topological polar surface area (TPSA) is 50.4 Å². The minimum atomic E-state index is -0.110. The highest BCUT2D eigenvalue weighted by atomic mass is 79.9. The van der Waals surface area contributed by atoms with Gasteiger partial charge < -0.3 is 15.4 Å². The summed E-state index contributed by atoms with van der Waals surface area (Å²) in [6.07, 6.45) is 1.04. The fourth-order valence-electron chi connectivity index (χ4n) is 1.66. The average molecular weight is 319 g/mol. The van der Waals surface area contributed by atoms with Gasteiger partial charge in [-0.15, -0.1) is 11.3 Å². The van der Waals surface area contributed by atoms with Gasteiger partial charge in [0.15, 0.2) is 0 Å². The lowest BCUT2D eigenvalue weighted by Gasteiger charge is -2.10. The summed E-state index contributed by atoms with van der Waals surface area (Å²) < 4.78 is 6.30. The van der Waals surface area contributed by atoms with E-state index in [4.69, 9.17) is 4.74 Å². The molecule has 1 aromatic rings. The molecule has 1 atom stereocenters. The van der Waals surface area contributed by atoms with E-state index in [1.807, 2.05) is 11.4 Å². The van der Waals surface area contributed by atoms with Gasteiger partial charge in [-0.1, -0.05) is 0 Å². The molecule has 0 bridgehead atoms. The van der Waals surface area contributed by atoms with Gasteiger partial charge in [0.1, 0.15) is 0 Å². The second kappa shape index (κ2) is 6.37. The van der Waals surface area contributed by atoms with Crippen LogP contribution in [-0.4, -0.2) is 25.8 Å². The number of thiophene rings is 1. The van der Waals surface area contributed by atoms with Crippen molar-refractivity contribution >= 4 is 33.3 Å². The molecule has 0 radical (unpaired) electrons. The van der Waals surface area contributed by atoms with Crippen molar-refractivity contribution in [2.75, 3.05) is 19.8 Å². The van der Waals surface area contributed by atoms with E-state index < -0.39 is 0 Å². The second-order valence-electron chi connectivity index (χ2n) is 4.02. The van der Waals surface area contributed by atoms with Crippen molar-refractivity contribution in [3.05, 3.63) is 20.8 Å². The van der Waals surface area contributed by atoms with Crippen LogP contribution in [0.4, 0.5) is 4.79 Å². The highest BCUT2D eigenvalue weighted by Crippen LogP contribution is 2.19. The Kier molecular flexibility index (Phi) is 4.82. The van der Waals surface area contributed by atoms with Crippen LogP contribution in [0.15, 0.2) is 15.9 Å². The first kappa shape index (κ1) is 12.9. The molecule has 1 saturated heterocycles. The number of carbonyl (C=O) groups excluding carboxylic acids is 1. The third-order valence-corrected chi connectivity index (χ3v) is 4.32. The van der Waals surface area contributed by atoms with Gasteiger partial charge in [0.25, 0.3) is 0 Å². The molecule has 1 aromatic heterocycles. The van der Waals surface area contributed by atoms with Gasteiger partial charge in [-0.25, -0.2) is 4.79 Å². The summed E-state index contributed by atoms with van der Waals surface area (Å²) in [6.45, 7) is 2.85. The molecule has 1 fully saturated rings. The van der Waals surface area contributed by atoms with Crippen molar-refractivity contribution in [3.63, 3.8) is 0 Å². The Morgan fingerprint density at radius 1 is 1.59 bits per heavy atom. The van der Waals surface area contributed by atoms with Crippen molar-refractivity contribution in [3.8, 4) is 0 Å². The Morgan fingerprint density at radius 2 is 2.47 bits per heavy atom. The fourth-order valence-corrected chi connectivity index (χ4v) is 3.05. The van der Waals surface area contributed by atoms with Gasteiger partial charge in [-0.3, -0.25) is 0 Å². The zero-order valence-electron chi connectivity index (χ0n) is 9.37. The number of halogens is 1. The van der Waals surface area contributed by atoms with E-state index in [0.29, 0.717) is 19.0 Å². The third-order valence-electron chi connectivity index (χ3n) is 2.62. The monoisotopic (exact) mass is 318 g/mol. The van der Waals surface area contributed by atoms with Crippen LogP contribution < -0.4 is 10.6 Å². The minimum Gasteiger partial charge on any atom is -0.381 e. The maximum absolute atomic E-state index is 11.5. The van der Waals surface area contributed by atoms with Crippen molar-refractivity contribution < 1.29 is 9.53 Å². The van der Waals surface area contributed by atoms with Crippen LogP contribution in [0.1, 0.15) is 11.3 Å². The molecule has 0 spiro atoms. The fraction of sp³-hybridized carbons (Fsp3) is 0.545. The predicted octanol–water partition coefficient (Wildman–Crippen LogP) is 2.35. The molecule has 94 valence electrons. The minimum absolute atomic E-state index is 0.110. The molecule has 1 aliphatic heterocycles. The van der Waals surface area contributed by atoms with Gasteiger partial charge in [0.2, 0.25) is 0 Å². The number of amides is 2. The summed E-state index contributed by atoms with van der Waals surface area (Å²) in [5, 5.41) is 7.70. The summed E-state index contributed by atoms with van der Waals surface area (Å²) in [4.78, 5) is 12.6. The van der Waals surface area contributed by atoms with Crippen LogP contribution in [0.3, 0.4) is 0 Å². The van der Waals surface area contributed by atoms with E-state index in [-0.39, 0.29) is 6.03 Å². The average Bonchev–Trinajstić information content (AvgIpc) is 2.95. The smallest absolute Gasteiger partial charge is 0.315 e. The summed E-state index contributed by atoms with van der Waals surface area (Å²) in [5.41, 5.74) is 0. The van der Waals surface area contributed by atoms with Crippen LogP contribution >= 0.6 is 27.3 Å². The first-order valence-corrected chi connectivity index (χ1v) is 7.23. The Labute approximate surface area is 113 Å². The zero-order chi connectivity index (χ0) is 12.1. The highest BCUT2D eigenvalue weighted by molar-refractivity contribution is 9.10. The highest BCUT2D eigenvalue weighted by Gasteiger charge is 2.16. The molecule has 1 unspecified atom stereocenters. The quantitative estimate of drug-likeness (QED) is 0.895. The number of urea groups is 1. The van der Waals surface area contributed by atoms with Crippen LogP contribution in [0.5, 0.6) is 0 Å².